The molecule has 0 heterocycles. The van der Waals surface area contributed by atoms with Gasteiger partial charge in [0.05, 0.1) is 0 Å². The van der Waals surface area contributed by atoms with E-state index in [1.165, 1.54) is 44.9 Å². The third-order valence-electron chi connectivity index (χ3n) is 2.91. The van der Waals surface area contributed by atoms with E-state index in [0.29, 0.717) is 0 Å². The molecule has 0 bridgehead atoms. The van der Waals surface area contributed by atoms with Gasteiger partial charge in [0, 0.05) is 0 Å². The molecule has 0 aliphatic heterocycles. The van der Waals surface area contributed by atoms with Gasteiger partial charge in [0.15, 0.2) is 0 Å². The zero-order valence-electron chi connectivity index (χ0n) is 7.93. The Hall–Kier alpha value is -0.135. The Bertz CT molecular complexity index is 119. The molecule has 68 valence electrons. The average molecular weight is 166 g/mol. The summed E-state index contributed by atoms with van der Waals surface area (Å²) in [4.78, 5) is 0. The van der Waals surface area contributed by atoms with E-state index in [2.05, 4.69) is 0 Å². The van der Waals surface area contributed by atoms with Gasteiger partial charge in [-0.25, -0.2) is 0 Å². The molecular formula is C10H19BO. The van der Waals surface area contributed by atoms with Crippen LogP contribution in [0.2, 0.25) is 6.32 Å². The summed E-state index contributed by atoms with van der Waals surface area (Å²) in [5, 5.41) is 0. The van der Waals surface area contributed by atoms with E-state index in [1.807, 2.05) is 0 Å². The van der Waals surface area contributed by atoms with Crippen LogP contribution < -0.4 is 0 Å². The van der Waals surface area contributed by atoms with Crippen molar-refractivity contribution in [1.82, 2.24) is 0 Å². The van der Waals surface area contributed by atoms with E-state index in [0.717, 1.165) is 25.8 Å². The van der Waals surface area contributed by atoms with Crippen LogP contribution in [0.4, 0.5) is 0 Å². The Kier molecular flexibility index (Phi) is 5.30. The first-order valence-electron chi connectivity index (χ1n) is 5.37. The predicted octanol–water partition coefficient (Wildman–Crippen LogP) is 3.21. The minimum atomic E-state index is 0.771. The van der Waals surface area contributed by atoms with Gasteiger partial charge in [-0.2, -0.15) is 0 Å². The van der Waals surface area contributed by atoms with Crippen molar-refractivity contribution >= 4 is 7.15 Å². The van der Waals surface area contributed by atoms with Crippen LogP contribution in [0, 0.1) is 5.92 Å². The molecule has 1 aliphatic rings. The average Bonchev–Trinajstić information content (AvgIpc) is 2.14. The zero-order chi connectivity index (χ0) is 8.65. The first-order valence-corrected chi connectivity index (χ1v) is 5.37. The first-order chi connectivity index (χ1) is 5.93. The van der Waals surface area contributed by atoms with Crippen molar-refractivity contribution in [2.24, 2.45) is 5.92 Å². The summed E-state index contributed by atoms with van der Waals surface area (Å²) < 4.78 is 10.1. The molecule has 0 saturated heterocycles. The number of unbranched alkanes of at least 4 members (excludes halogenated alkanes) is 1. The Morgan fingerprint density at radius 3 is 2.50 bits per heavy atom. The fourth-order valence-corrected chi connectivity index (χ4v) is 2.14. The van der Waals surface area contributed by atoms with Gasteiger partial charge in [-0.05, 0) is 0 Å². The van der Waals surface area contributed by atoms with Gasteiger partial charge in [0.25, 0.3) is 0 Å². The van der Waals surface area contributed by atoms with Gasteiger partial charge < -0.3 is 0 Å². The third-order valence-corrected chi connectivity index (χ3v) is 2.91. The summed E-state index contributed by atoms with van der Waals surface area (Å²) >= 11 is 0. The topological polar surface area (TPSA) is 17.1 Å². The Morgan fingerprint density at radius 1 is 1.08 bits per heavy atom. The van der Waals surface area contributed by atoms with Gasteiger partial charge in [-0.3, -0.25) is 0 Å². The summed E-state index contributed by atoms with van der Waals surface area (Å²) in [6, 6.07) is 0. The molecular weight excluding hydrogens is 147 g/mol. The predicted molar refractivity (Wildman–Crippen MR) is 51.7 cm³/mol. The van der Waals surface area contributed by atoms with Gasteiger partial charge in [-0.1, -0.05) is 0 Å². The van der Waals surface area contributed by atoms with Crippen LogP contribution in [-0.4, -0.2) is 7.15 Å². The van der Waals surface area contributed by atoms with Crippen molar-refractivity contribution < 1.29 is 4.70 Å². The van der Waals surface area contributed by atoms with Gasteiger partial charge in [0.1, 0.15) is 0 Å². The number of rotatable bonds is 5. The normalized spacial score (nSPS) is 19.0. The molecule has 1 rings (SSSR count). The molecule has 0 aromatic heterocycles. The van der Waals surface area contributed by atoms with Crippen LogP contribution in [0.5, 0.6) is 0 Å². The number of hydrogen-bond donors (Lipinski definition) is 0. The van der Waals surface area contributed by atoms with Crippen molar-refractivity contribution in [3.8, 4) is 0 Å². The second-order valence-corrected chi connectivity index (χ2v) is 3.96. The maximum absolute atomic E-state index is 10.1. The minimum absolute atomic E-state index is 0.771. The molecule has 0 aromatic rings. The van der Waals surface area contributed by atoms with Gasteiger partial charge in [-0.15, -0.1) is 0 Å². The summed E-state index contributed by atoms with van der Waals surface area (Å²) in [5.74, 6) is 0.991. The van der Waals surface area contributed by atoms with Crippen LogP contribution in [0.1, 0.15) is 51.4 Å². The second kappa shape index (κ2) is 6.39. The van der Waals surface area contributed by atoms with Crippen LogP contribution in [0.15, 0.2) is 0 Å². The zero-order valence-corrected chi connectivity index (χ0v) is 7.93. The molecule has 0 amide bonds. The third kappa shape index (κ3) is 4.03. The Balaban J connectivity index is 1.94. The molecule has 1 saturated carbocycles. The molecule has 0 aromatic carbocycles. The monoisotopic (exact) mass is 166 g/mol. The van der Waals surface area contributed by atoms with E-state index in [1.54, 1.807) is 0 Å². The van der Waals surface area contributed by atoms with Crippen LogP contribution in [0.3, 0.4) is 0 Å². The van der Waals surface area contributed by atoms with Crippen LogP contribution in [0.25, 0.3) is 0 Å². The molecule has 0 unspecified atom stereocenters. The molecule has 2 heteroatoms. The maximum atomic E-state index is 10.1. The van der Waals surface area contributed by atoms with Crippen molar-refractivity contribution in [1.29, 1.82) is 0 Å². The molecule has 1 fully saturated rings. The van der Waals surface area contributed by atoms with E-state index in [4.69, 9.17) is 0 Å². The van der Waals surface area contributed by atoms with Crippen molar-refractivity contribution in [3.63, 3.8) is 0 Å². The molecule has 0 spiro atoms. The van der Waals surface area contributed by atoms with E-state index >= 15 is 0 Å². The van der Waals surface area contributed by atoms with Crippen molar-refractivity contribution in [3.05, 3.63) is 0 Å². The summed E-state index contributed by atoms with van der Waals surface area (Å²) in [6.07, 6.45) is 11.7. The standard InChI is InChI=1S/C10H19BO/c12-11-9-5-4-8-10-6-2-1-3-7-10/h10H,1-9H2. The first kappa shape index (κ1) is 9.95. The fraction of sp³-hybridized carbons (Fsp3) is 1.00. The van der Waals surface area contributed by atoms with E-state index < -0.39 is 0 Å². The quantitative estimate of drug-likeness (QED) is 0.452. The van der Waals surface area contributed by atoms with Gasteiger partial charge in [0.2, 0.25) is 0 Å². The van der Waals surface area contributed by atoms with E-state index in [-0.39, 0.29) is 0 Å². The molecule has 1 nitrogen and oxygen atoms in total. The van der Waals surface area contributed by atoms with Crippen molar-refractivity contribution in [2.75, 3.05) is 0 Å². The molecule has 0 atom stereocenters. The Morgan fingerprint density at radius 2 is 1.83 bits per heavy atom. The van der Waals surface area contributed by atoms with Crippen LogP contribution in [-0.2, 0) is 4.70 Å². The molecule has 1 aliphatic carbocycles. The molecule has 0 N–H and O–H groups in total. The Labute approximate surface area is 76.2 Å². The summed E-state index contributed by atoms with van der Waals surface area (Å²) in [6.45, 7) is 0. The SMILES string of the molecule is O=BCCCCC1CCCCC1. The van der Waals surface area contributed by atoms with Crippen molar-refractivity contribution in [2.45, 2.75) is 57.7 Å². The fourth-order valence-electron chi connectivity index (χ4n) is 2.14. The molecule has 12 heavy (non-hydrogen) atoms. The van der Waals surface area contributed by atoms with Crippen LogP contribution >= 0.6 is 0 Å². The second-order valence-electron chi connectivity index (χ2n) is 3.96. The van der Waals surface area contributed by atoms with E-state index in [9.17, 15) is 4.70 Å². The molecule has 0 radical (unpaired) electrons. The van der Waals surface area contributed by atoms with Gasteiger partial charge >= 0.3 is 75.5 Å². The summed E-state index contributed by atoms with van der Waals surface area (Å²) in [7, 11) is 1.04. The summed E-state index contributed by atoms with van der Waals surface area (Å²) in [5.41, 5.74) is 0. The number of hydrogen-bond acceptors (Lipinski definition) is 1.